The molecule has 1 aliphatic heterocycles. The van der Waals surface area contributed by atoms with Crippen molar-refractivity contribution in [2.45, 2.75) is 65.2 Å². The van der Waals surface area contributed by atoms with E-state index in [1.54, 1.807) is 4.68 Å². The van der Waals surface area contributed by atoms with Crippen molar-refractivity contribution in [2.75, 3.05) is 18.4 Å². The zero-order valence-electron chi connectivity index (χ0n) is 16.1. The average Bonchev–Trinajstić information content (AvgIpc) is 2.87. The molecule has 140 valence electrons. The molecule has 6 heteroatoms. The first-order valence-electron chi connectivity index (χ1n) is 9.74. The Kier molecular flexibility index (Phi) is 5.46. The molecule has 2 aliphatic rings. The second kappa shape index (κ2) is 7.44. The summed E-state index contributed by atoms with van der Waals surface area (Å²) in [5.74, 6) is 3.09. The van der Waals surface area contributed by atoms with Crippen molar-refractivity contribution >= 4 is 11.9 Å². The fourth-order valence-corrected chi connectivity index (χ4v) is 4.90. The van der Waals surface area contributed by atoms with Gasteiger partial charge in [-0.1, -0.05) is 20.8 Å². The van der Waals surface area contributed by atoms with E-state index in [2.05, 4.69) is 41.5 Å². The predicted octanol–water partition coefficient (Wildman–Crippen LogP) is 3.07. The number of aromatic nitrogens is 3. The molecule has 6 nitrogen and oxygen atoms in total. The molecule has 0 radical (unpaired) electrons. The molecule has 1 aromatic rings. The number of carbonyl (C=O) groups excluding carboxylic acids is 1. The first kappa shape index (κ1) is 18.4. The van der Waals surface area contributed by atoms with Gasteiger partial charge < -0.3 is 5.32 Å². The van der Waals surface area contributed by atoms with Gasteiger partial charge in [-0.3, -0.25) is 10.1 Å². The Labute approximate surface area is 151 Å². The van der Waals surface area contributed by atoms with E-state index in [4.69, 9.17) is 0 Å². The fraction of sp³-hybridized carbons (Fsp3) is 0.842. The van der Waals surface area contributed by atoms with Crippen LogP contribution in [0.5, 0.6) is 0 Å². The van der Waals surface area contributed by atoms with Crippen LogP contribution in [0.2, 0.25) is 0 Å². The number of aryl methyl sites for hydroxylation is 1. The lowest BCUT2D eigenvalue weighted by Crippen LogP contribution is -2.30. The molecule has 0 aromatic carbocycles. The van der Waals surface area contributed by atoms with E-state index in [9.17, 15) is 4.79 Å². The summed E-state index contributed by atoms with van der Waals surface area (Å²) in [7, 11) is 1.86. The standard InChI is InChI=1S/C19H33N5O/c1-13-9-14(12-19(2,3)11-13)10-16(25)21-18-22-17(23-24(18)4)15-5-7-20-8-6-15/h13-15,20H,5-12H2,1-4H3,(H,21,22,23,25). The van der Waals surface area contributed by atoms with Gasteiger partial charge in [0.05, 0.1) is 0 Å². The Balaban J connectivity index is 1.58. The fourth-order valence-electron chi connectivity index (χ4n) is 4.90. The Hall–Kier alpha value is -1.43. The van der Waals surface area contributed by atoms with E-state index < -0.39 is 0 Å². The number of hydrogen-bond donors (Lipinski definition) is 2. The summed E-state index contributed by atoms with van der Waals surface area (Å²) < 4.78 is 1.71. The summed E-state index contributed by atoms with van der Waals surface area (Å²) in [4.78, 5) is 17.1. The number of rotatable bonds is 4. The molecular formula is C19H33N5O. The molecule has 2 fully saturated rings. The second-order valence-electron chi connectivity index (χ2n) is 8.97. The molecule has 0 bridgehead atoms. The van der Waals surface area contributed by atoms with Crippen molar-refractivity contribution < 1.29 is 4.79 Å². The van der Waals surface area contributed by atoms with Crippen LogP contribution in [0.15, 0.2) is 0 Å². The highest BCUT2D eigenvalue weighted by molar-refractivity contribution is 5.89. The zero-order chi connectivity index (χ0) is 18.0. The van der Waals surface area contributed by atoms with E-state index >= 15 is 0 Å². The number of hydrogen-bond acceptors (Lipinski definition) is 4. The molecule has 1 saturated carbocycles. The molecule has 1 aliphatic carbocycles. The predicted molar refractivity (Wildman–Crippen MR) is 99.4 cm³/mol. The summed E-state index contributed by atoms with van der Waals surface area (Å²) >= 11 is 0. The van der Waals surface area contributed by atoms with Gasteiger partial charge in [0.1, 0.15) is 0 Å². The maximum atomic E-state index is 12.5. The van der Waals surface area contributed by atoms with Crippen molar-refractivity contribution in [1.82, 2.24) is 20.1 Å². The molecule has 3 rings (SSSR count). The highest BCUT2D eigenvalue weighted by atomic mass is 16.1. The van der Waals surface area contributed by atoms with Crippen LogP contribution < -0.4 is 10.6 Å². The van der Waals surface area contributed by atoms with Crippen LogP contribution >= 0.6 is 0 Å². The van der Waals surface area contributed by atoms with Gasteiger partial charge >= 0.3 is 0 Å². The normalized spacial score (nSPS) is 27.2. The quantitative estimate of drug-likeness (QED) is 0.878. The third kappa shape index (κ3) is 4.81. The topological polar surface area (TPSA) is 71.8 Å². The number of nitrogens with zero attached hydrogens (tertiary/aromatic N) is 3. The molecule has 25 heavy (non-hydrogen) atoms. The monoisotopic (exact) mass is 347 g/mol. The highest BCUT2D eigenvalue weighted by Gasteiger charge is 2.33. The largest absolute Gasteiger partial charge is 0.317 e. The number of amides is 1. The third-order valence-corrected chi connectivity index (χ3v) is 5.69. The van der Waals surface area contributed by atoms with E-state index in [-0.39, 0.29) is 5.91 Å². The van der Waals surface area contributed by atoms with Gasteiger partial charge in [-0.2, -0.15) is 10.1 Å². The van der Waals surface area contributed by atoms with Gasteiger partial charge in [-0.25, -0.2) is 4.68 Å². The van der Waals surface area contributed by atoms with Crippen LogP contribution in [0.1, 0.15) is 71.0 Å². The van der Waals surface area contributed by atoms with Crippen LogP contribution in [0.25, 0.3) is 0 Å². The first-order chi connectivity index (χ1) is 11.8. The lowest BCUT2D eigenvalue weighted by molar-refractivity contribution is -0.117. The van der Waals surface area contributed by atoms with Crippen molar-refractivity contribution in [3.05, 3.63) is 5.82 Å². The molecule has 2 N–H and O–H groups in total. The lowest BCUT2D eigenvalue weighted by Gasteiger charge is -2.38. The molecule has 2 unspecified atom stereocenters. The molecule has 0 spiro atoms. The summed E-state index contributed by atoms with van der Waals surface area (Å²) in [6, 6.07) is 0. The van der Waals surface area contributed by atoms with E-state index in [1.165, 1.54) is 6.42 Å². The van der Waals surface area contributed by atoms with Crippen molar-refractivity contribution in [3.8, 4) is 0 Å². The Bertz CT molecular complexity index is 603. The maximum Gasteiger partial charge on any atom is 0.227 e. The van der Waals surface area contributed by atoms with Gasteiger partial charge in [-0.15, -0.1) is 0 Å². The minimum atomic E-state index is 0.0715. The van der Waals surface area contributed by atoms with Crippen molar-refractivity contribution in [3.63, 3.8) is 0 Å². The average molecular weight is 348 g/mol. The molecule has 1 aromatic heterocycles. The van der Waals surface area contributed by atoms with Gasteiger partial charge in [-0.05, 0) is 62.4 Å². The molecule has 2 atom stereocenters. The number of carbonyl (C=O) groups is 1. The molecular weight excluding hydrogens is 314 g/mol. The zero-order valence-corrected chi connectivity index (χ0v) is 16.1. The summed E-state index contributed by atoms with van der Waals surface area (Å²) in [6.07, 6.45) is 6.25. The Morgan fingerprint density at radius 3 is 2.72 bits per heavy atom. The molecule has 2 heterocycles. The number of anilines is 1. The smallest absolute Gasteiger partial charge is 0.227 e. The van der Waals surface area contributed by atoms with Crippen LogP contribution in [0.4, 0.5) is 5.95 Å². The van der Waals surface area contributed by atoms with Gasteiger partial charge in [0.25, 0.3) is 0 Å². The third-order valence-electron chi connectivity index (χ3n) is 5.69. The van der Waals surface area contributed by atoms with Gasteiger partial charge in [0.2, 0.25) is 11.9 Å². The van der Waals surface area contributed by atoms with Crippen LogP contribution in [0.3, 0.4) is 0 Å². The van der Waals surface area contributed by atoms with Crippen LogP contribution in [0, 0.1) is 17.3 Å². The van der Waals surface area contributed by atoms with Gasteiger partial charge in [0.15, 0.2) is 5.82 Å². The van der Waals surface area contributed by atoms with Gasteiger partial charge in [0, 0.05) is 19.4 Å². The lowest BCUT2D eigenvalue weighted by atomic mass is 9.67. The van der Waals surface area contributed by atoms with E-state index in [1.807, 2.05) is 7.05 Å². The van der Waals surface area contributed by atoms with Crippen LogP contribution in [-0.2, 0) is 11.8 Å². The number of nitrogens with one attached hydrogen (secondary N) is 2. The first-order valence-corrected chi connectivity index (χ1v) is 9.74. The second-order valence-corrected chi connectivity index (χ2v) is 8.97. The Morgan fingerprint density at radius 2 is 2.04 bits per heavy atom. The SMILES string of the molecule is CC1CC(CC(=O)Nc2nc(C3CCNCC3)nn2C)CC(C)(C)C1. The van der Waals surface area contributed by atoms with E-state index in [0.29, 0.717) is 35.5 Å². The minimum Gasteiger partial charge on any atom is -0.317 e. The molecule has 1 amide bonds. The maximum absolute atomic E-state index is 12.5. The van der Waals surface area contributed by atoms with Crippen molar-refractivity contribution in [1.29, 1.82) is 0 Å². The molecule has 1 saturated heterocycles. The van der Waals surface area contributed by atoms with Crippen molar-refractivity contribution in [2.24, 2.45) is 24.3 Å². The summed E-state index contributed by atoms with van der Waals surface area (Å²) in [5.41, 5.74) is 0.343. The highest BCUT2D eigenvalue weighted by Crippen LogP contribution is 2.42. The van der Waals surface area contributed by atoms with E-state index in [0.717, 1.165) is 44.6 Å². The number of piperidine rings is 1. The minimum absolute atomic E-state index is 0.0715. The summed E-state index contributed by atoms with van der Waals surface area (Å²) in [5, 5.41) is 10.9. The summed E-state index contributed by atoms with van der Waals surface area (Å²) in [6.45, 7) is 8.98. The Morgan fingerprint density at radius 1 is 1.32 bits per heavy atom. The van der Waals surface area contributed by atoms with Crippen LogP contribution in [-0.4, -0.2) is 33.8 Å².